The Kier molecular flexibility index (Phi) is 3.11. The van der Waals surface area contributed by atoms with Crippen LogP contribution in [0.2, 0.25) is 0 Å². The maximum atomic E-state index is 5.60. The molecule has 1 aromatic carbocycles. The minimum absolute atomic E-state index is 0.340. The van der Waals surface area contributed by atoms with Gasteiger partial charge < -0.3 is 15.2 Å². The Morgan fingerprint density at radius 1 is 1.33 bits per heavy atom. The maximum Gasteiger partial charge on any atom is 0.231 e. The zero-order valence-corrected chi connectivity index (χ0v) is 9.03. The third-order valence-electron chi connectivity index (χ3n) is 2.88. The van der Waals surface area contributed by atoms with Crippen LogP contribution in [-0.2, 0) is 0 Å². The monoisotopic (exact) mass is 207 g/mol. The summed E-state index contributed by atoms with van der Waals surface area (Å²) in [7, 11) is 0. The van der Waals surface area contributed by atoms with Gasteiger partial charge in [-0.05, 0) is 43.0 Å². The normalized spacial score (nSPS) is 15.3. The molecule has 82 valence electrons. The summed E-state index contributed by atoms with van der Waals surface area (Å²) in [5.74, 6) is 2.24. The molecule has 0 saturated carbocycles. The Balaban J connectivity index is 2.20. The highest BCUT2D eigenvalue weighted by atomic mass is 16.7. The van der Waals surface area contributed by atoms with Crippen LogP contribution in [0, 0.1) is 0 Å². The molecular formula is C12H17NO2. The summed E-state index contributed by atoms with van der Waals surface area (Å²) in [5.41, 5.74) is 6.90. The molecule has 0 aromatic heterocycles. The molecule has 1 aliphatic heterocycles. The molecule has 0 bridgehead atoms. The summed E-state index contributed by atoms with van der Waals surface area (Å²) in [5, 5.41) is 0. The molecular weight excluding hydrogens is 190 g/mol. The predicted octanol–water partition coefficient (Wildman–Crippen LogP) is 2.26. The molecule has 0 spiro atoms. The second kappa shape index (κ2) is 4.53. The highest BCUT2D eigenvalue weighted by Crippen LogP contribution is 2.35. The van der Waals surface area contributed by atoms with Crippen LogP contribution in [0.25, 0.3) is 0 Å². The summed E-state index contributed by atoms with van der Waals surface area (Å²) in [6, 6.07) is 6.17. The second-order valence-electron chi connectivity index (χ2n) is 3.80. The fraction of sp³-hybridized carbons (Fsp3) is 0.500. The molecule has 1 atom stereocenters. The fourth-order valence-corrected chi connectivity index (χ4v) is 1.97. The highest BCUT2D eigenvalue weighted by molar-refractivity contribution is 5.45. The van der Waals surface area contributed by atoms with Gasteiger partial charge >= 0.3 is 0 Å². The molecule has 15 heavy (non-hydrogen) atoms. The summed E-state index contributed by atoms with van der Waals surface area (Å²) in [6.07, 6.45) is 2.13. The summed E-state index contributed by atoms with van der Waals surface area (Å²) in [6.45, 7) is 3.25. The van der Waals surface area contributed by atoms with E-state index in [1.54, 1.807) is 0 Å². The van der Waals surface area contributed by atoms with Gasteiger partial charge in [0.1, 0.15) is 0 Å². The number of hydrogen-bond donors (Lipinski definition) is 1. The van der Waals surface area contributed by atoms with Crippen molar-refractivity contribution in [2.24, 2.45) is 5.73 Å². The minimum atomic E-state index is 0.340. The van der Waals surface area contributed by atoms with Crippen LogP contribution < -0.4 is 15.2 Å². The molecule has 2 N–H and O–H groups in total. The Bertz CT molecular complexity index is 338. The molecule has 1 heterocycles. The highest BCUT2D eigenvalue weighted by Gasteiger charge is 2.16. The maximum absolute atomic E-state index is 5.60. The number of rotatable bonds is 4. The van der Waals surface area contributed by atoms with Crippen molar-refractivity contribution in [3.63, 3.8) is 0 Å². The Labute approximate surface area is 90.2 Å². The van der Waals surface area contributed by atoms with E-state index in [1.165, 1.54) is 5.56 Å². The molecule has 0 radical (unpaired) electrons. The van der Waals surface area contributed by atoms with Crippen molar-refractivity contribution in [3.8, 4) is 11.5 Å². The van der Waals surface area contributed by atoms with Crippen molar-refractivity contribution >= 4 is 0 Å². The van der Waals surface area contributed by atoms with E-state index in [1.807, 2.05) is 6.07 Å². The molecule has 0 aliphatic carbocycles. The van der Waals surface area contributed by atoms with Crippen LogP contribution in [0.1, 0.15) is 31.2 Å². The number of benzene rings is 1. The van der Waals surface area contributed by atoms with E-state index in [9.17, 15) is 0 Å². The minimum Gasteiger partial charge on any atom is -0.454 e. The number of ether oxygens (including phenoxy) is 2. The van der Waals surface area contributed by atoms with Crippen LogP contribution in [0.4, 0.5) is 0 Å². The lowest BCUT2D eigenvalue weighted by molar-refractivity contribution is 0.174. The Hall–Kier alpha value is -1.22. The first-order chi connectivity index (χ1) is 7.35. The molecule has 0 saturated heterocycles. The van der Waals surface area contributed by atoms with Crippen molar-refractivity contribution < 1.29 is 9.47 Å². The van der Waals surface area contributed by atoms with E-state index in [4.69, 9.17) is 15.2 Å². The van der Waals surface area contributed by atoms with Crippen LogP contribution in [0.3, 0.4) is 0 Å². The van der Waals surface area contributed by atoms with Crippen LogP contribution in [0.15, 0.2) is 18.2 Å². The van der Waals surface area contributed by atoms with Crippen molar-refractivity contribution in [2.45, 2.75) is 25.7 Å². The van der Waals surface area contributed by atoms with Gasteiger partial charge in [-0.2, -0.15) is 0 Å². The van der Waals surface area contributed by atoms with Gasteiger partial charge in [0.05, 0.1) is 0 Å². The van der Waals surface area contributed by atoms with Crippen molar-refractivity contribution in [2.75, 3.05) is 13.3 Å². The SMILES string of the molecule is CCC(CCN)c1ccc2c(c1)OCO2. The standard InChI is InChI=1S/C12H17NO2/c1-2-9(5-6-13)10-3-4-11-12(7-10)15-8-14-11/h3-4,7,9H,2,5-6,8,13H2,1H3. The van der Waals surface area contributed by atoms with Gasteiger partial charge in [0.2, 0.25) is 6.79 Å². The van der Waals surface area contributed by atoms with Gasteiger partial charge in [-0.3, -0.25) is 0 Å². The van der Waals surface area contributed by atoms with Gasteiger partial charge in [-0.25, -0.2) is 0 Å². The Morgan fingerprint density at radius 3 is 2.87 bits per heavy atom. The molecule has 0 amide bonds. The molecule has 2 rings (SSSR count). The average molecular weight is 207 g/mol. The first-order valence-corrected chi connectivity index (χ1v) is 5.44. The van der Waals surface area contributed by atoms with Crippen LogP contribution in [0.5, 0.6) is 11.5 Å². The summed E-state index contributed by atoms with van der Waals surface area (Å²) >= 11 is 0. The van der Waals surface area contributed by atoms with Gasteiger partial charge in [-0.15, -0.1) is 0 Å². The van der Waals surface area contributed by atoms with E-state index in [2.05, 4.69) is 19.1 Å². The zero-order valence-electron chi connectivity index (χ0n) is 9.03. The van der Waals surface area contributed by atoms with Gasteiger partial charge in [0.25, 0.3) is 0 Å². The van der Waals surface area contributed by atoms with E-state index in [0.29, 0.717) is 12.7 Å². The van der Waals surface area contributed by atoms with Gasteiger partial charge in [-0.1, -0.05) is 13.0 Å². The lowest BCUT2D eigenvalue weighted by Gasteiger charge is -2.14. The third kappa shape index (κ3) is 2.07. The summed E-state index contributed by atoms with van der Waals surface area (Å²) < 4.78 is 10.6. The average Bonchev–Trinajstić information content (AvgIpc) is 2.72. The van der Waals surface area contributed by atoms with E-state index in [0.717, 1.165) is 30.9 Å². The van der Waals surface area contributed by atoms with Gasteiger partial charge in [0.15, 0.2) is 11.5 Å². The quantitative estimate of drug-likeness (QED) is 0.823. The molecule has 1 unspecified atom stereocenters. The fourth-order valence-electron chi connectivity index (χ4n) is 1.97. The largest absolute Gasteiger partial charge is 0.454 e. The van der Waals surface area contributed by atoms with Crippen molar-refractivity contribution in [1.29, 1.82) is 0 Å². The summed E-state index contributed by atoms with van der Waals surface area (Å²) in [4.78, 5) is 0. The topological polar surface area (TPSA) is 44.5 Å². The lowest BCUT2D eigenvalue weighted by atomic mass is 9.93. The third-order valence-corrected chi connectivity index (χ3v) is 2.88. The lowest BCUT2D eigenvalue weighted by Crippen LogP contribution is -2.06. The molecule has 1 aromatic rings. The molecule has 3 nitrogen and oxygen atoms in total. The molecule has 3 heteroatoms. The van der Waals surface area contributed by atoms with Crippen molar-refractivity contribution in [1.82, 2.24) is 0 Å². The number of fused-ring (bicyclic) bond motifs is 1. The predicted molar refractivity (Wildman–Crippen MR) is 59.3 cm³/mol. The van der Waals surface area contributed by atoms with E-state index < -0.39 is 0 Å². The molecule has 0 fully saturated rings. The van der Waals surface area contributed by atoms with Crippen molar-refractivity contribution in [3.05, 3.63) is 23.8 Å². The van der Waals surface area contributed by atoms with E-state index in [-0.39, 0.29) is 0 Å². The van der Waals surface area contributed by atoms with Crippen LogP contribution >= 0.6 is 0 Å². The number of nitrogens with two attached hydrogens (primary N) is 1. The zero-order chi connectivity index (χ0) is 10.7. The van der Waals surface area contributed by atoms with Gasteiger partial charge in [0, 0.05) is 0 Å². The van der Waals surface area contributed by atoms with Crippen LogP contribution in [-0.4, -0.2) is 13.3 Å². The second-order valence-corrected chi connectivity index (χ2v) is 3.80. The number of hydrogen-bond acceptors (Lipinski definition) is 3. The van der Waals surface area contributed by atoms with E-state index >= 15 is 0 Å². The Morgan fingerprint density at radius 2 is 2.13 bits per heavy atom. The smallest absolute Gasteiger partial charge is 0.231 e. The first kappa shape index (κ1) is 10.3. The molecule has 1 aliphatic rings. The first-order valence-electron chi connectivity index (χ1n) is 5.44.